The third kappa shape index (κ3) is 13.5. The lowest BCUT2D eigenvalue weighted by atomic mass is 9.86. The molecule has 35 heavy (non-hydrogen) atoms. The molecule has 0 bridgehead atoms. The van der Waals surface area contributed by atoms with Gasteiger partial charge >= 0.3 is 0 Å². The molecular formula is C32H58N2O. The Hall–Kier alpha value is -1.35. The summed E-state index contributed by atoms with van der Waals surface area (Å²) in [6, 6.07) is 9.20. The maximum absolute atomic E-state index is 13.3. The van der Waals surface area contributed by atoms with Gasteiger partial charge in [0.1, 0.15) is 0 Å². The van der Waals surface area contributed by atoms with Crippen LogP contribution in [0.15, 0.2) is 24.3 Å². The highest BCUT2D eigenvalue weighted by molar-refractivity contribution is 5.76. The molecule has 1 rings (SSSR count). The highest BCUT2D eigenvalue weighted by atomic mass is 16.2. The van der Waals surface area contributed by atoms with Crippen molar-refractivity contribution in [3.8, 4) is 0 Å². The van der Waals surface area contributed by atoms with Crippen molar-refractivity contribution in [1.29, 1.82) is 0 Å². The fourth-order valence-corrected chi connectivity index (χ4v) is 4.83. The van der Waals surface area contributed by atoms with E-state index in [1.807, 2.05) is 0 Å². The van der Waals surface area contributed by atoms with Crippen LogP contribution in [-0.2, 0) is 16.8 Å². The van der Waals surface area contributed by atoms with Gasteiger partial charge in [0.05, 0.1) is 0 Å². The topological polar surface area (TPSA) is 23.6 Å². The van der Waals surface area contributed by atoms with E-state index in [0.717, 1.165) is 45.4 Å². The first-order chi connectivity index (χ1) is 16.7. The van der Waals surface area contributed by atoms with Crippen LogP contribution in [-0.4, -0.2) is 41.4 Å². The van der Waals surface area contributed by atoms with E-state index in [-0.39, 0.29) is 11.5 Å². The summed E-state index contributed by atoms with van der Waals surface area (Å²) in [6.07, 6.45) is 14.5. The van der Waals surface area contributed by atoms with Crippen LogP contribution in [0.25, 0.3) is 0 Å². The summed E-state index contributed by atoms with van der Waals surface area (Å²) in [6.45, 7) is 19.8. The van der Waals surface area contributed by atoms with Gasteiger partial charge in [-0.25, -0.2) is 0 Å². The van der Waals surface area contributed by atoms with Gasteiger partial charge in [0.15, 0.2) is 0 Å². The number of nitrogens with zero attached hydrogens (tertiary/aromatic N) is 2. The van der Waals surface area contributed by atoms with Crippen LogP contribution in [0.4, 0.5) is 0 Å². The maximum Gasteiger partial charge on any atom is 0.223 e. The maximum atomic E-state index is 13.3. The van der Waals surface area contributed by atoms with Gasteiger partial charge in [-0.1, -0.05) is 117 Å². The zero-order chi connectivity index (χ0) is 26.1. The Labute approximate surface area is 219 Å². The summed E-state index contributed by atoms with van der Waals surface area (Å²) in [5.74, 6) is 0.336. The lowest BCUT2D eigenvalue weighted by molar-refractivity contribution is -0.134. The molecule has 0 spiro atoms. The number of carbonyl (C=O) groups excluding carboxylic acids is 1. The Balaban J connectivity index is 2.64. The Morgan fingerprint density at radius 3 is 1.86 bits per heavy atom. The van der Waals surface area contributed by atoms with Crippen LogP contribution >= 0.6 is 0 Å². The minimum atomic E-state index is 0.155. The van der Waals surface area contributed by atoms with Crippen molar-refractivity contribution in [2.75, 3.05) is 19.6 Å². The van der Waals surface area contributed by atoms with Gasteiger partial charge in [0.2, 0.25) is 5.91 Å². The third-order valence-electron chi connectivity index (χ3n) is 7.51. The second kappa shape index (κ2) is 18.0. The molecule has 1 amide bonds. The minimum absolute atomic E-state index is 0.155. The van der Waals surface area contributed by atoms with Crippen LogP contribution in [0, 0.1) is 0 Å². The van der Waals surface area contributed by atoms with Crippen LogP contribution in [0.1, 0.15) is 137 Å². The summed E-state index contributed by atoms with van der Waals surface area (Å²) >= 11 is 0. The molecule has 0 aliphatic rings. The van der Waals surface area contributed by atoms with Crippen molar-refractivity contribution in [2.24, 2.45) is 0 Å². The normalized spacial score (nSPS) is 12.8. The molecule has 202 valence electrons. The number of hydrogen-bond acceptors (Lipinski definition) is 2. The smallest absolute Gasteiger partial charge is 0.223 e. The van der Waals surface area contributed by atoms with Gasteiger partial charge in [-0.2, -0.15) is 0 Å². The zero-order valence-corrected chi connectivity index (χ0v) is 24.5. The van der Waals surface area contributed by atoms with E-state index in [9.17, 15) is 4.79 Å². The standard InChI is InChI=1S/C32H58N2O/c1-8-11-12-13-14-15-16-17-18-21-31(35)34(28(4)20-19-26-33(9-2)10-3)27-29-22-24-30(25-23-29)32(5,6)7/h22-25,28H,8-21,26-27H2,1-7H3. The number of unbranched alkanes of at least 4 members (excludes halogenated alkanes) is 8. The lowest BCUT2D eigenvalue weighted by Crippen LogP contribution is -2.38. The summed E-state index contributed by atoms with van der Waals surface area (Å²) in [5.41, 5.74) is 2.75. The Bertz CT molecular complexity index is 657. The van der Waals surface area contributed by atoms with E-state index in [2.05, 4.69) is 82.5 Å². The number of amides is 1. The highest BCUT2D eigenvalue weighted by Crippen LogP contribution is 2.23. The monoisotopic (exact) mass is 486 g/mol. The van der Waals surface area contributed by atoms with E-state index in [1.165, 1.54) is 62.5 Å². The van der Waals surface area contributed by atoms with Crippen LogP contribution in [0.2, 0.25) is 0 Å². The fourth-order valence-electron chi connectivity index (χ4n) is 4.83. The molecule has 3 heteroatoms. The quantitative estimate of drug-likeness (QED) is 0.182. The van der Waals surface area contributed by atoms with Crippen molar-refractivity contribution in [3.05, 3.63) is 35.4 Å². The molecule has 1 atom stereocenters. The Kier molecular flexibility index (Phi) is 16.3. The molecule has 1 aromatic rings. The predicted octanol–water partition coefficient (Wildman–Crippen LogP) is 8.74. The Morgan fingerprint density at radius 2 is 1.34 bits per heavy atom. The van der Waals surface area contributed by atoms with Crippen molar-refractivity contribution < 1.29 is 4.79 Å². The first kappa shape index (κ1) is 31.7. The number of rotatable bonds is 19. The Morgan fingerprint density at radius 1 is 0.800 bits per heavy atom. The second-order valence-corrected chi connectivity index (χ2v) is 11.6. The van der Waals surface area contributed by atoms with Crippen molar-refractivity contribution in [1.82, 2.24) is 9.80 Å². The third-order valence-corrected chi connectivity index (χ3v) is 7.51. The van der Waals surface area contributed by atoms with Gasteiger partial charge < -0.3 is 9.80 Å². The molecule has 0 radical (unpaired) electrons. The molecule has 0 aliphatic heterocycles. The van der Waals surface area contributed by atoms with Crippen LogP contribution in [0.3, 0.4) is 0 Å². The minimum Gasteiger partial charge on any atom is -0.336 e. The molecular weight excluding hydrogens is 428 g/mol. The average Bonchev–Trinajstić information content (AvgIpc) is 2.83. The van der Waals surface area contributed by atoms with E-state index >= 15 is 0 Å². The zero-order valence-electron chi connectivity index (χ0n) is 24.5. The SMILES string of the molecule is CCCCCCCCCCCC(=O)N(Cc1ccc(C(C)(C)C)cc1)C(C)CCCN(CC)CC. The van der Waals surface area contributed by atoms with Crippen molar-refractivity contribution >= 4 is 5.91 Å². The van der Waals surface area contributed by atoms with Crippen LogP contribution in [0.5, 0.6) is 0 Å². The summed E-state index contributed by atoms with van der Waals surface area (Å²) in [7, 11) is 0. The van der Waals surface area contributed by atoms with Gasteiger partial charge in [0, 0.05) is 19.0 Å². The number of hydrogen-bond donors (Lipinski definition) is 0. The van der Waals surface area contributed by atoms with E-state index < -0.39 is 0 Å². The highest BCUT2D eigenvalue weighted by Gasteiger charge is 2.21. The predicted molar refractivity (Wildman–Crippen MR) is 154 cm³/mol. The molecule has 1 unspecified atom stereocenters. The number of benzene rings is 1. The second-order valence-electron chi connectivity index (χ2n) is 11.6. The van der Waals surface area contributed by atoms with Crippen molar-refractivity contribution in [2.45, 2.75) is 144 Å². The van der Waals surface area contributed by atoms with E-state index in [1.54, 1.807) is 0 Å². The molecule has 0 saturated heterocycles. The van der Waals surface area contributed by atoms with E-state index in [0.29, 0.717) is 12.3 Å². The lowest BCUT2D eigenvalue weighted by Gasteiger charge is -2.31. The fraction of sp³-hybridized carbons (Fsp3) is 0.781. The van der Waals surface area contributed by atoms with Gasteiger partial charge in [-0.05, 0) is 62.4 Å². The first-order valence-corrected chi connectivity index (χ1v) is 14.8. The van der Waals surface area contributed by atoms with Crippen LogP contribution < -0.4 is 0 Å². The number of carbonyl (C=O) groups is 1. The molecule has 0 N–H and O–H groups in total. The molecule has 3 nitrogen and oxygen atoms in total. The van der Waals surface area contributed by atoms with Gasteiger partial charge in [-0.15, -0.1) is 0 Å². The van der Waals surface area contributed by atoms with E-state index in [4.69, 9.17) is 0 Å². The average molecular weight is 487 g/mol. The molecule has 0 aliphatic carbocycles. The van der Waals surface area contributed by atoms with Gasteiger partial charge in [-0.3, -0.25) is 4.79 Å². The summed E-state index contributed by atoms with van der Waals surface area (Å²) in [4.78, 5) is 18.0. The largest absolute Gasteiger partial charge is 0.336 e. The molecule has 0 saturated carbocycles. The van der Waals surface area contributed by atoms with Gasteiger partial charge in [0.25, 0.3) is 0 Å². The first-order valence-electron chi connectivity index (χ1n) is 14.8. The summed E-state index contributed by atoms with van der Waals surface area (Å²) < 4.78 is 0. The molecule has 1 aromatic carbocycles. The molecule has 0 aromatic heterocycles. The van der Waals surface area contributed by atoms with Crippen molar-refractivity contribution in [3.63, 3.8) is 0 Å². The molecule has 0 heterocycles. The molecule has 0 fully saturated rings. The summed E-state index contributed by atoms with van der Waals surface area (Å²) in [5, 5.41) is 0.